The van der Waals surface area contributed by atoms with Crippen molar-refractivity contribution in [2.75, 3.05) is 11.9 Å². The van der Waals surface area contributed by atoms with Crippen molar-refractivity contribution in [3.05, 3.63) is 23.4 Å². The molecule has 14 heavy (non-hydrogen) atoms. The van der Waals surface area contributed by atoms with Gasteiger partial charge in [-0.15, -0.1) is 0 Å². The van der Waals surface area contributed by atoms with Crippen LogP contribution in [0.25, 0.3) is 0 Å². The molecule has 1 fully saturated rings. The van der Waals surface area contributed by atoms with Gasteiger partial charge in [-0.05, 0) is 36.8 Å². The predicted octanol–water partition coefficient (Wildman–Crippen LogP) is 3.34. The highest BCUT2D eigenvalue weighted by Gasteiger charge is 2.40. The number of nitrogens with one attached hydrogen (secondary N) is 1. The van der Waals surface area contributed by atoms with Gasteiger partial charge in [0.25, 0.3) is 0 Å². The molecule has 1 aliphatic rings. The van der Waals surface area contributed by atoms with Gasteiger partial charge in [0.05, 0.1) is 5.02 Å². The van der Waals surface area contributed by atoms with Crippen LogP contribution in [0.15, 0.2) is 18.3 Å². The van der Waals surface area contributed by atoms with E-state index in [0.29, 0.717) is 10.4 Å². The summed E-state index contributed by atoms with van der Waals surface area (Å²) in [7, 11) is 0. The molecule has 2 nitrogen and oxygen atoms in total. The molecule has 0 bridgehead atoms. The molecule has 1 heterocycles. The van der Waals surface area contributed by atoms with Gasteiger partial charge in [-0.1, -0.05) is 18.5 Å². The van der Waals surface area contributed by atoms with Crippen molar-refractivity contribution in [1.82, 2.24) is 4.98 Å². The number of anilines is 1. The Hall–Kier alpha value is -0.760. The van der Waals surface area contributed by atoms with Gasteiger partial charge in [-0.3, -0.25) is 0 Å². The molecule has 0 radical (unpaired) electrons. The smallest absolute Gasteiger partial charge is 0.126 e. The summed E-state index contributed by atoms with van der Waals surface area (Å²) in [5.41, 5.74) is 0.557. The van der Waals surface area contributed by atoms with Crippen LogP contribution in [0.4, 0.5) is 5.82 Å². The minimum absolute atomic E-state index is 0.557. The standard InChI is InChI=1S/C11H15ClN2/c1-2-11(5-6-11)8-14-10-4-3-9(12)7-13-10/h3-4,7H,2,5-6,8H2,1H3,(H,13,14). The number of hydrogen-bond acceptors (Lipinski definition) is 2. The van der Waals surface area contributed by atoms with Crippen LogP contribution in [0.1, 0.15) is 26.2 Å². The molecule has 1 saturated carbocycles. The van der Waals surface area contributed by atoms with Gasteiger partial charge in [0, 0.05) is 12.7 Å². The van der Waals surface area contributed by atoms with Crippen LogP contribution >= 0.6 is 11.6 Å². The van der Waals surface area contributed by atoms with Crippen molar-refractivity contribution in [3.63, 3.8) is 0 Å². The Balaban J connectivity index is 1.89. The second kappa shape index (κ2) is 3.77. The number of nitrogens with zero attached hydrogens (tertiary/aromatic N) is 1. The van der Waals surface area contributed by atoms with Crippen LogP contribution in [0, 0.1) is 5.41 Å². The Morgan fingerprint density at radius 2 is 2.29 bits per heavy atom. The fourth-order valence-electron chi connectivity index (χ4n) is 1.59. The molecule has 1 N–H and O–H groups in total. The van der Waals surface area contributed by atoms with Gasteiger partial charge in [-0.25, -0.2) is 4.98 Å². The summed E-state index contributed by atoms with van der Waals surface area (Å²) < 4.78 is 0. The molecule has 0 aromatic carbocycles. The van der Waals surface area contributed by atoms with Crippen LogP contribution in [0.2, 0.25) is 5.02 Å². The molecule has 1 aliphatic carbocycles. The predicted molar refractivity (Wildman–Crippen MR) is 59.7 cm³/mol. The van der Waals surface area contributed by atoms with Crippen molar-refractivity contribution in [3.8, 4) is 0 Å². The zero-order valence-electron chi connectivity index (χ0n) is 8.39. The normalized spacial score (nSPS) is 17.9. The second-order valence-corrected chi connectivity index (χ2v) is 4.51. The summed E-state index contributed by atoms with van der Waals surface area (Å²) >= 11 is 5.75. The molecule has 0 amide bonds. The number of pyridine rings is 1. The average Bonchev–Trinajstić information content (AvgIpc) is 2.98. The largest absolute Gasteiger partial charge is 0.370 e. The third-order valence-corrected chi connectivity index (χ3v) is 3.30. The molecule has 76 valence electrons. The van der Waals surface area contributed by atoms with Crippen molar-refractivity contribution < 1.29 is 0 Å². The number of halogens is 1. The Morgan fingerprint density at radius 3 is 2.79 bits per heavy atom. The summed E-state index contributed by atoms with van der Waals surface area (Å²) in [4.78, 5) is 4.20. The van der Waals surface area contributed by atoms with Crippen LogP contribution in [0.3, 0.4) is 0 Å². The molecule has 0 saturated heterocycles. The van der Waals surface area contributed by atoms with Crippen LogP contribution in [-0.4, -0.2) is 11.5 Å². The first kappa shape index (κ1) is 9.78. The van der Waals surface area contributed by atoms with Crippen LogP contribution in [-0.2, 0) is 0 Å². The highest BCUT2D eigenvalue weighted by molar-refractivity contribution is 6.30. The van der Waals surface area contributed by atoms with E-state index >= 15 is 0 Å². The summed E-state index contributed by atoms with van der Waals surface area (Å²) in [5, 5.41) is 4.04. The van der Waals surface area contributed by atoms with Crippen molar-refractivity contribution in [1.29, 1.82) is 0 Å². The maximum Gasteiger partial charge on any atom is 0.126 e. The zero-order valence-corrected chi connectivity index (χ0v) is 9.14. The summed E-state index contributed by atoms with van der Waals surface area (Å²) in [6.07, 6.45) is 5.64. The molecule has 0 aliphatic heterocycles. The molecule has 2 rings (SSSR count). The van der Waals surface area contributed by atoms with Gasteiger partial charge < -0.3 is 5.32 Å². The summed E-state index contributed by atoms with van der Waals surface area (Å²) in [5.74, 6) is 0.925. The van der Waals surface area contributed by atoms with E-state index < -0.39 is 0 Å². The van der Waals surface area contributed by atoms with Crippen LogP contribution < -0.4 is 5.32 Å². The lowest BCUT2D eigenvalue weighted by atomic mass is 10.0. The maximum atomic E-state index is 5.75. The van der Waals surface area contributed by atoms with E-state index in [0.717, 1.165) is 12.4 Å². The fraction of sp³-hybridized carbons (Fsp3) is 0.545. The molecule has 0 atom stereocenters. The fourth-order valence-corrected chi connectivity index (χ4v) is 1.70. The van der Waals surface area contributed by atoms with Crippen molar-refractivity contribution >= 4 is 17.4 Å². The van der Waals surface area contributed by atoms with Crippen molar-refractivity contribution in [2.45, 2.75) is 26.2 Å². The first-order chi connectivity index (χ1) is 6.74. The highest BCUT2D eigenvalue weighted by Crippen LogP contribution is 2.48. The highest BCUT2D eigenvalue weighted by atomic mass is 35.5. The second-order valence-electron chi connectivity index (χ2n) is 4.07. The number of hydrogen-bond donors (Lipinski definition) is 1. The molecule has 3 heteroatoms. The SMILES string of the molecule is CCC1(CNc2ccc(Cl)cn2)CC1. The third-order valence-electron chi connectivity index (χ3n) is 3.08. The Morgan fingerprint density at radius 1 is 1.50 bits per heavy atom. The van der Waals surface area contributed by atoms with E-state index in [1.807, 2.05) is 12.1 Å². The van der Waals surface area contributed by atoms with Gasteiger partial charge in [0.1, 0.15) is 5.82 Å². The van der Waals surface area contributed by atoms with E-state index in [2.05, 4.69) is 17.2 Å². The number of rotatable bonds is 4. The Kier molecular flexibility index (Phi) is 2.64. The lowest BCUT2D eigenvalue weighted by Gasteiger charge is -2.13. The quantitative estimate of drug-likeness (QED) is 0.825. The van der Waals surface area contributed by atoms with E-state index in [4.69, 9.17) is 11.6 Å². The van der Waals surface area contributed by atoms with Gasteiger partial charge in [0.15, 0.2) is 0 Å². The Labute approximate surface area is 89.7 Å². The monoisotopic (exact) mass is 210 g/mol. The third kappa shape index (κ3) is 2.18. The molecule has 0 unspecified atom stereocenters. The molecular weight excluding hydrogens is 196 g/mol. The van der Waals surface area contributed by atoms with E-state index in [9.17, 15) is 0 Å². The van der Waals surface area contributed by atoms with Gasteiger partial charge >= 0.3 is 0 Å². The molecular formula is C11H15ClN2. The van der Waals surface area contributed by atoms with Crippen LogP contribution in [0.5, 0.6) is 0 Å². The molecule has 0 spiro atoms. The van der Waals surface area contributed by atoms with Gasteiger partial charge in [0.2, 0.25) is 0 Å². The molecule has 1 aromatic heterocycles. The minimum Gasteiger partial charge on any atom is -0.370 e. The zero-order chi connectivity index (χ0) is 10.0. The first-order valence-corrected chi connectivity index (χ1v) is 5.47. The van der Waals surface area contributed by atoms with E-state index in [-0.39, 0.29) is 0 Å². The molecule has 1 aromatic rings. The summed E-state index contributed by atoms with van der Waals surface area (Å²) in [6.45, 7) is 3.29. The minimum atomic E-state index is 0.557. The maximum absolute atomic E-state index is 5.75. The van der Waals surface area contributed by atoms with E-state index in [1.54, 1.807) is 6.20 Å². The summed E-state index contributed by atoms with van der Waals surface area (Å²) in [6, 6.07) is 3.79. The average molecular weight is 211 g/mol. The topological polar surface area (TPSA) is 24.9 Å². The van der Waals surface area contributed by atoms with Crippen molar-refractivity contribution in [2.24, 2.45) is 5.41 Å². The Bertz CT molecular complexity index is 304. The number of aromatic nitrogens is 1. The van der Waals surface area contributed by atoms with E-state index in [1.165, 1.54) is 19.3 Å². The van der Waals surface area contributed by atoms with Gasteiger partial charge in [-0.2, -0.15) is 0 Å². The first-order valence-electron chi connectivity index (χ1n) is 5.10. The lowest BCUT2D eigenvalue weighted by molar-refractivity contribution is 0.521. The lowest BCUT2D eigenvalue weighted by Crippen LogP contribution is -2.14.